The van der Waals surface area contributed by atoms with Crippen molar-refractivity contribution in [3.63, 3.8) is 0 Å². The van der Waals surface area contributed by atoms with E-state index in [9.17, 15) is 18.3 Å². The number of fused-ring (bicyclic) bond motifs is 1. The average Bonchev–Trinajstić information content (AvgIpc) is 3.24. The van der Waals surface area contributed by atoms with Gasteiger partial charge in [0.15, 0.2) is 5.60 Å². The van der Waals surface area contributed by atoms with Gasteiger partial charge in [0.25, 0.3) is 0 Å². The molecule has 2 heterocycles. The number of ether oxygens (including phenoxy) is 1. The molecular weight excluding hydrogens is 467 g/mol. The molecule has 0 amide bonds. The van der Waals surface area contributed by atoms with Crippen LogP contribution in [0, 0.1) is 11.3 Å². The summed E-state index contributed by atoms with van der Waals surface area (Å²) < 4.78 is 48.6. The van der Waals surface area contributed by atoms with Gasteiger partial charge in [-0.05, 0) is 59.4 Å². The van der Waals surface area contributed by atoms with Gasteiger partial charge in [-0.3, -0.25) is 4.98 Å². The smallest absolute Gasteiger partial charge is 0.417 e. The Labute approximate surface area is 207 Å². The van der Waals surface area contributed by atoms with E-state index in [-0.39, 0.29) is 5.69 Å². The first-order chi connectivity index (χ1) is 17.0. The van der Waals surface area contributed by atoms with Gasteiger partial charge in [0.1, 0.15) is 5.75 Å². The highest BCUT2D eigenvalue weighted by Crippen LogP contribution is 2.46. The number of rotatable bonds is 7. The molecule has 0 saturated carbocycles. The van der Waals surface area contributed by atoms with E-state index in [0.717, 1.165) is 16.5 Å². The SMILES string of the molecule is COc1ccc(-c2ccc(C#N)cc2)cc1C(C)(C)CC(O)(Cc1cc2ccncc2[nH]1)C(F)(F)F. The molecule has 8 heteroatoms. The number of hydrogen-bond acceptors (Lipinski definition) is 4. The van der Waals surface area contributed by atoms with Crippen LogP contribution in [0.3, 0.4) is 0 Å². The summed E-state index contributed by atoms with van der Waals surface area (Å²) in [4.78, 5) is 6.93. The highest BCUT2D eigenvalue weighted by Gasteiger charge is 2.56. The number of halogens is 3. The molecule has 0 spiro atoms. The summed E-state index contributed by atoms with van der Waals surface area (Å²) >= 11 is 0. The fraction of sp³-hybridized carbons (Fsp3) is 0.286. The molecule has 5 nitrogen and oxygen atoms in total. The van der Waals surface area contributed by atoms with Crippen LogP contribution in [0.5, 0.6) is 5.75 Å². The molecule has 0 radical (unpaired) electrons. The van der Waals surface area contributed by atoms with Crippen molar-refractivity contribution in [3.05, 3.63) is 83.8 Å². The van der Waals surface area contributed by atoms with Crippen LogP contribution in [-0.2, 0) is 11.8 Å². The van der Waals surface area contributed by atoms with Crippen LogP contribution < -0.4 is 4.74 Å². The molecule has 2 N–H and O–H groups in total. The molecule has 0 saturated heterocycles. The number of aromatic amines is 1. The minimum absolute atomic E-state index is 0.270. The third-order valence-electron chi connectivity index (χ3n) is 6.50. The predicted molar refractivity (Wildman–Crippen MR) is 132 cm³/mol. The van der Waals surface area contributed by atoms with Crippen molar-refractivity contribution in [3.8, 4) is 22.9 Å². The molecule has 4 rings (SSSR count). The highest BCUT2D eigenvalue weighted by molar-refractivity contribution is 5.79. The maximum absolute atomic E-state index is 14.4. The molecular formula is C28H26F3N3O2. The van der Waals surface area contributed by atoms with Gasteiger partial charge in [-0.2, -0.15) is 18.4 Å². The van der Waals surface area contributed by atoms with Gasteiger partial charge >= 0.3 is 6.18 Å². The van der Waals surface area contributed by atoms with Crippen molar-refractivity contribution in [2.75, 3.05) is 7.11 Å². The Morgan fingerprint density at radius 1 is 1.03 bits per heavy atom. The van der Waals surface area contributed by atoms with Gasteiger partial charge in [0, 0.05) is 29.3 Å². The van der Waals surface area contributed by atoms with Crippen LogP contribution in [0.4, 0.5) is 13.2 Å². The number of aliphatic hydroxyl groups is 1. The Hall–Kier alpha value is -3.83. The second-order valence-electron chi connectivity index (χ2n) is 9.63. The lowest BCUT2D eigenvalue weighted by atomic mass is 9.72. The Kier molecular flexibility index (Phi) is 6.54. The summed E-state index contributed by atoms with van der Waals surface area (Å²) in [6.07, 6.45) is -3.00. The number of nitriles is 1. The molecule has 1 unspecified atom stereocenters. The van der Waals surface area contributed by atoms with E-state index in [1.54, 1.807) is 68.6 Å². The fourth-order valence-corrected chi connectivity index (χ4v) is 4.69. The molecule has 0 aliphatic carbocycles. The molecule has 2 aromatic carbocycles. The summed E-state index contributed by atoms with van der Waals surface area (Å²) in [5, 5.41) is 20.9. The van der Waals surface area contributed by atoms with Gasteiger partial charge in [0.05, 0.1) is 30.5 Å². The van der Waals surface area contributed by atoms with E-state index in [0.29, 0.717) is 22.4 Å². The van der Waals surface area contributed by atoms with Gasteiger partial charge < -0.3 is 14.8 Å². The Morgan fingerprint density at radius 3 is 2.33 bits per heavy atom. The Balaban J connectivity index is 1.72. The van der Waals surface area contributed by atoms with Crippen LogP contribution in [-0.4, -0.2) is 34.0 Å². The van der Waals surface area contributed by atoms with Gasteiger partial charge in [-0.25, -0.2) is 0 Å². The van der Waals surface area contributed by atoms with E-state index >= 15 is 0 Å². The molecule has 36 heavy (non-hydrogen) atoms. The number of nitrogens with zero attached hydrogens (tertiary/aromatic N) is 2. The third kappa shape index (κ3) is 4.93. The Morgan fingerprint density at radius 2 is 1.72 bits per heavy atom. The van der Waals surface area contributed by atoms with Gasteiger partial charge in [0.2, 0.25) is 0 Å². The Bertz CT molecular complexity index is 1390. The first kappa shape index (κ1) is 25.3. The number of benzene rings is 2. The van der Waals surface area contributed by atoms with Crippen molar-refractivity contribution in [1.29, 1.82) is 5.26 Å². The summed E-state index contributed by atoms with van der Waals surface area (Å²) in [5.74, 6) is 0.429. The molecule has 0 fully saturated rings. The van der Waals surface area contributed by atoms with Crippen LogP contribution in [0.1, 0.15) is 37.1 Å². The first-order valence-corrected chi connectivity index (χ1v) is 11.4. The maximum Gasteiger partial charge on any atom is 0.417 e. The second-order valence-corrected chi connectivity index (χ2v) is 9.63. The number of nitrogens with one attached hydrogen (secondary N) is 1. The zero-order chi connectivity index (χ0) is 26.1. The first-order valence-electron chi connectivity index (χ1n) is 11.4. The number of hydrogen-bond donors (Lipinski definition) is 2. The normalized spacial score (nSPS) is 13.8. The van der Waals surface area contributed by atoms with E-state index in [4.69, 9.17) is 10.00 Å². The average molecular weight is 494 g/mol. The lowest BCUT2D eigenvalue weighted by Gasteiger charge is -2.38. The lowest BCUT2D eigenvalue weighted by molar-refractivity contribution is -0.266. The monoisotopic (exact) mass is 493 g/mol. The lowest BCUT2D eigenvalue weighted by Crippen LogP contribution is -2.51. The minimum Gasteiger partial charge on any atom is -0.496 e. The van der Waals surface area contributed by atoms with Crippen LogP contribution in [0.2, 0.25) is 0 Å². The largest absolute Gasteiger partial charge is 0.496 e. The topological polar surface area (TPSA) is 81.9 Å². The van der Waals surface area contributed by atoms with E-state index in [1.165, 1.54) is 13.3 Å². The van der Waals surface area contributed by atoms with Crippen LogP contribution >= 0.6 is 0 Å². The van der Waals surface area contributed by atoms with E-state index in [2.05, 4.69) is 16.0 Å². The number of aromatic nitrogens is 2. The second kappa shape index (κ2) is 9.32. The molecule has 0 aliphatic rings. The molecule has 0 aliphatic heterocycles. The third-order valence-corrected chi connectivity index (χ3v) is 6.50. The van der Waals surface area contributed by atoms with Crippen molar-refractivity contribution < 1.29 is 23.0 Å². The van der Waals surface area contributed by atoms with Crippen LogP contribution in [0.25, 0.3) is 22.0 Å². The van der Waals surface area contributed by atoms with Gasteiger partial charge in [-0.15, -0.1) is 0 Å². The van der Waals surface area contributed by atoms with Crippen molar-refractivity contribution in [2.24, 2.45) is 0 Å². The number of alkyl halides is 3. The maximum atomic E-state index is 14.4. The molecule has 186 valence electrons. The summed E-state index contributed by atoms with van der Waals surface area (Å²) in [6.45, 7) is 3.33. The molecule has 4 aromatic rings. The minimum atomic E-state index is -4.88. The van der Waals surface area contributed by atoms with E-state index in [1.807, 2.05) is 6.07 Å². The van der Waals surface area contributed by atoms with Crippen molar-refractivity contribution in [2.45, 2.75) is 43.9 Å². The van der Waals surface area contributed by atoms with Crippen LogP contribution in [0.15, 0.2) is 67.0 Å². The summed E-state index contributed by atoms with van der Waals surface area (Å²) in [7, 11) is 1.46. The molecule has 2 aromatic heterocycles. The number of methoxy groups -OCH3 is 1. The van der Waals surface area contributed by atoms with Gasteiger partial charge in [-0.1, -0.05) is 32.0 Å². The quantitative estimate of drug-likeness (QED) is 0.316. The fourth-order valence-electron chi connectivity index (χ4n) is 4.69. The van der Waals surface area contributed by atoms with Crippen molar-refractivity contribution in [1.82, 2.24) is 9.97 Å². The van der Waals surface area contributed by atoms with E-state index < -0.39 is 30.0 Å². The molecule has 0 bridgehead atoms. The van der Waals surface area contributed by atoms with Crippen molar-refractivity contribution >= 4 is 10.9 Å². The zero-order valence-corrected chi connectivity index (χ0v) is 20.1. The molecule has 1 atom stereocenters. The zero-order valence-electron chi connectivity index (χ0n) is 20.1. The standard InChI is InChI=1S/C28H26F3N3O2/c1-26(2,23-13-20(8-9-25(23)36-3)19-6-4-18(15-32)5-7-19)17-27(35,28(29,30)31)14-22-12-21-10-11-33-16-24(21)34-22/h4-13,16,34-35H,14,17H2,1-3H3. The highest BCUT2D eigenvalue weighted by atomic mass is 19.4. The summed E-state index contributed by atoms with van der Waals surface area (Å²) in [5.41, 5.74) is -0.619. The number of H-pyrrole nitrogens is 1. The summed E-state index contributed by atoms with van der Waals surface area (Å²) in [6, 6.07) is 17.6. The number of pyridine rings is 1. The predicted octanol–water partition coefficient (Wildman–Crippen LogP) is 6.31.